The van der Waals surface area contributed by atoms with E-state index in [-0.39, 0.29) is 45.4 Å². The van der Waals surface area contributed by atoms with Gasteiger partial charge < -0.3 is 14.5 Å². The Balaban J connectivity index is 0.926. The maximum absolute atomic E-state index is 8.91. The van der Waals surface area contributed by atoms with Gasteiger partial charge in [-0.05, 0) is 147 Å². The molecule has 1 aliphatic rings. The summed E-state index contributed by atoms with van der Waals surface area (Å²) in [6.45, 7) is 16.3. The van der Waals surface area contributed by atoms with Gasteiger partial charge in [-0.2, -0.15) is 0 Å². The average Bonchev–Trinajstić information content (AvgIpc) is 4.17. The van der Waals surface area contributed by atoms with Crippen LogP contribution in [0, 0.1) is 13.7 Å². The maximum Gasteiger partial charge on any atom is 0.137 e. The van der Waals surface area contributed by atoms with Crippen molar-refractivity contribution in [1.82, 2.24) is 9.55 Å². The number of ether oxygens (including phenoxy) is 1. The number of aromatic nitrogens is 2. The first-order valence-electron chi connectivity index (χ1n) is 30.2. The van der Waals surface area contributed by atoms with Crippen molar-refractivity contribution in [3.63, 3.8) is 0 Å². The summed E-state index contributed by atoms with van der Waals surface area (Å²) in [6, 6.07) is 39.9. The average molecular weight is 946 g/mol. The Hall–Kier alpha value is -7.11. The summed E-state index contributed by atoms with van der Waals surface area (Å²) in [5.74, 6) is 0.843. The quantitative estimate of drug-likeness (QED) is 0.129. The SMILES string of the molecule is [2H]c1c([2H])c([2H])c(-c2cnc(-n3c4ccccc4c4ccc(OCc5cccc(N6CN(CCCc7c(-c8cc(C(C)(C)C)cc(C(C)(C)C)c8)cc(C(C)(C)C)cc7C([2H])([2H])[2H])c7ccccc76)c5)cc43)cc2C([2H])([2H])[2H])c([2H])c1[2H]. The third kappa shape index (κ3) is 9.59. The topological polar surface area (TPSA) is 33.5 Å². The lowest BCUT2D eigenvalue weighted by atomic mass is 9.77. The van der Waals surface area contributed by atoms with Crippen LogP contribution in [-0.4, -0.2) is 22.8 Å². The minimum atomic E-state index is -2.73. The lowest BCUT2D eigenvalue weighted by Crippen LogP contribution is -2.29. The van der Waals surface area contributed by atoms with Crippen molar-refractivity contribution in [3.05, 3.63) is 203 Å². The molecule has 0 atom stereocenters. The van der Waals surface area contributed by atoms with Gasteiger partial charge in [0.25, 0.3) is 0 Å². The molecular weight excluding hydrogens is 865 g/mol. The third-order valence-electron chi connectivity index (χ3n) is 13.9. The Morgan fingerprint density at radius 3 is 2.03 bits per heavy atom. The first kappa shape index (κ1) is 35.9. The lowest BCUT2D eigenvalue weighted by Gasteiger charge is -2.28. The number of aryl methyl sites for hydroxylation is 2. The molecule has 5 heteroatoms. The summed E-state index contributed by atoms with van der Waals surface area (Å²) in [7, 11) is 0. The molecule has 0 saturated heterocycles. The Labute approximate surface area is 438 Å². The monoisotopic (exact) mass is 946 g/mol. The van der Waals surface area contributed by atoms with Crippen molar-refractivity contribution in [2.24, 2.45) is 0 Å². The minimum absolute atomic E-state index is 0.0656. The van der Waals surface area contributed by atoms with Crippen LogP contribution in [0.4, 0.5) is 17.1 Å². The van der Waals surface area contributed by atoms with Crippen LogP contribution in [0.15, 0.2) is 164 Å². The van der Waals surface area contributed by atoms with Crippen molar-refractivity contribution in [2.45, 2.75) is 112 Å². The van der Waals surface area contributed by atoms with Crippen LogP contribution >= 0.6 is 0 Å². The number of hydrogen-bond donors (Lipinski definition) is 0. The molecule has 0 unspecified atom stereocenters. The van der Waals surface area contributed by atoms with Crippen molar-refractivity contribution in [2.75, 3.05) is 23.0 Å². The van der Waals surface area contributed by atoms with E-state index in [1.807, 2.05) is 65.2 Å². The number of pyridine rings is 1. The van der Waals surface area contributed by atoms with Gasteiger partial charge in [0, 0.05) is 49.1 Å². The molecule has 7 aromatic carbocycles. The van der Waals surface area contributed by atoms with Crippen molar-refractivity contribution >= 4 is 38.9 Å². The fourth-order valence-corrected chi connectivity index (χ4v) is 9.84. The first-order valence-corrected chi connectivity index (χ1v) is 24.7. The Morgan fingerprint density at radius 2 is 1.30 bits per heavy atom. The van der Waals surface area contributed by atoms with Gasteiger partial charge in [-0.25, -0.2) is 4.98 Å². The second kappa shape index (κ2) is 18.6. The van der Waals surface area contributed by atoms with Gasteiger partial charge in [0.15, 0.2) is 0 Å². The first-order chi connectivity index (χ1) is 38.4. The highest BCUT2D eigenvalue weighted by atomic mass is 16.5. The minimum Gasteiger partial charge on any atom is -0.489 e. The van der Waals surface area contributed by atoms with E-state index < -0.39 is 43.9 Å². The van der Waals surface area contributed by atoms with Crippen LogP contribution < -0.4 is 14.5 Å². The van der Waals surface area contributed by atoms with E-state index in [0.29, 0.717) is 36.5 Å². The Morgan fingerprint density at radius 1 is 0.606 bits per heavy atom. The second-order valence-electron chi connectivity index (χ2n) is 22.1. The fraction of sp³-hybridized carbons (Fsp3) is 0.288. The number of hydrogen-bond acceptors (Lipinski definition) is 4. The summed E-state index contributed by atoms with van der Waals surface area (Å²) in [5, 5.41) is 1.78. The van der Waals surface area contributed by atoms with Crippen LogP contribution in [-0.2, 0) is 29.3 Å². The molecule has 3 heterocycles. The molecule has 0 amide bonds. The van der Waals surface area contributed by atoms with Crippen LogP contribution in [0.25, 0.3) is 49.9 Å². The van der Waals surface area contributed by atoms with Crippen LogP contribution in [0.3, 0.4) is 0 Å². The third-order valence-corrected chi connectivity index (χ3v) is 13.9. The highest BCUT2D eigenvalue weighted by molar-refractivity contribution is 6.09. The molecule has 1 aliphatic heterocycles. The number of nitrogens with zero attached hydrogens (tertiary/aromatic N) is 4. The van der Waals surface area contributed by atoms with Crippen LogP contribution in [0.1, 0.15) is 123 Å². The molecule has 0 spiro atoms. The zero-order valence-electron chi connectivity index (χ0n) is 53.4. The van der Waals surface area contributed by atoms with Gasteiger partial charge in [0.2, 0.25) is 0 Å². The molecule has 0 saturated carbocycles. The molecule has 71 heavy (non-hydrogen) atoms. The van der Waals surface area contributed by atoms with Crippen LogP contribution in [0.5, 0.6) is 5.75 Å². The molecule has 5 nitrogen and oxygen atoms in total. The van der Waals surface area contributed by atoms with Gasteiger partial charge in [0.05, 0.1) is 35.9 Å². The number of anilines is 3. The number of para-hydroxylation sites is 3. The lowest BCUT2D eigenvalue weighted by molar-refractivity contribution is 0.306. The molecular formula is C66H70N4O. The summed E-state index contributed by atoms with van der Waals surface area (Å²) in [6.07, 6.45) is 2.58. The molecule has 10 rings (SSSR count). The molecule has 0 radical (unpaired) electrons. The van der Waals surface area contributed by atoms with E-state index in [0.717, 1.165) is 67.6 Å². The zero-order chi connectivity index (χ0) is 59.2. The largest absolute Gasteiger partial charge is 0.489 e. The predicted molar refractivity (Wildman–Crippen MR) is 301 cm³/mol. The molecule has 9 aromatic rings. The molecule has 0 fully saturated rings. The summed E-state index contributed by atoms with van der Waals surface area (Å²) < 4.78 is 103. The number of fused-ring (bicyclic) bond motifs is 4. The van der Waals surface area contributed by atoms with Gasteiger partial charge >= 0.3 is 0 Å². The molecule has 360 valence electrons. The summed E-state index contributed by atoms with van der Waals surface area (Å²) >= 11 is 0. The Kier molecular flexibility index (Phi) is 9.39. The fourth-order valence-electron chi connectivity index (χ4n) is 9.84. The van der Waals surface area contributed by atoms with E-state index in [1.54, 1.807) is 0 Å². The van der Waals surface area contributed by atoms with E-state index in [4.69, 9.17) is 24.8 Å². The molecule has 0 N–H and O–H groups in total. The molecule has 0 aliphatic carbocycles. The van der Waals surface area contributed by atoms with Gasteiger partial charge in [0.1, 0.15) is 18.2 Å². The highest BCUT2D eigenvalue weighted by Gasteiger charge is 2.28. The number of benzene rings is 7. The van der Waals surface area contributed by atoms with E-state index in [1.165, 1.54) is 23.4 Å². The Bertz CT molecular complexity index is 3890. The second-order valence-corrected chi connectivity index (χ2v) is 22.1. The smallest absolute Gasteiger partial charge is 0.137 e. The highest BCUT2D eigenvalue weighted by Crippen LogP contribution is 2.43. The molecule has 2 aromatic heterocycles. The van der Waals surface area contributed by atoms with E-state index in [2.05, 4.69) is 133 Å². The van der Waals surface area contributed by atoms with Crippen molar-refractivity contribution in [1.29, 1.82) is 0 Å². The van der Waals surface area contributed by atoms with Crippen LogP contribution in [0.2, 0.25) is 0 Å². The van der Waals surface area contributed by atoms with E-state index >= 15 is 0 Å². The van der Waals surface area contributed by atoms with E-state index in [9.17, 15) is 0 Å². The maximum atomic E-state index is 8.91. The van der Waals surface area contributed by atoms with Crippen molar-refractivity contribution in [3.8, 4) is 33.8 Å². The van der Waals surface area contributed by atoms with Gasteiger partial charge in [-0.1, -0.05) is 165 Å². The summed E-state index contributed by atoms with van der Waals surface area (Å²) in [4.78, 5) is 9.40. The summed E-state index contributed by atoms with van der Waals surface area (Å²) in [5.41, 5.74) is 11.3. The molecule has 0 bridgehead atoms. The standard InChI is InChI=1S/C66H70N4O/c1-44-33-49(64(3,4)5)39-57(48-36-50(65(6,7)8)38-51(37-48)66(9,10)11)54(44)26-20-32-68-43-69(61-29-18-17-28-60(61)68)52-24-19-21-46(35-52)42-71-53-30-31-56-55-25-15-16-27-59(55)70(62(56)40-53)63-34-45(2)58(41-67-63)47-22-13-12-14-23-47/h12-19,21-25,27-31,33-41H,20,26,32,42-43H2,1-11H3/i1D3,2D3,12D,13D,14D,22D,23D. The normalized spacial score (nSPS) is 15.7. The van der Waals surface area contributed by atoms with Crippen molar-refractivity contribution < 1.29 is 19.8 Å². The number of rotatable bonds is 11. The van der Waals surface area contributed by atoms with Gasteiger partial charge in [-0.3, -0.25) is 4.57 Å². The van der Waals surface area contributed by atoms with Gasteiger partial charge in [-0.15, -0.1) is 0 Å². The zero-order valence-corrected chi connectivity index (χ0v) is 42.4. The predicted octanol–water partition coefficient (Wildman–Crippen LogP) is 17.1.